The van der Waals surface area contributed by atoms with Gasteiger partial charge in [-0.25, -0.2) is 0 Å². The topological polar surface area (TPSA) is 40.5 Å². The van der Waals surface area contributed by atoms with Crippen molar-refractivity contribution in [2.24, 2.45) is 0 Å². The van der Waals surface area contributed by atoms with Gasteiger partial charge in [-0.15, -0.1) is 0 Å². The monoisotopic (exact) mass is 270 g/mol. The Kier molecular flexibility index (Phi) is 3.78. The fourth-order valence-electron chi connectivity index (χ4n) is 2.01. The van der Waals surface area contributed by atoms with Gasteiger partial charge in [0.05, 0.1) is 6.10 Å². The van der Waals surface area contributed by atoms with Crippen molar-refractivity contribution in [2.75, 3.05) is 0 Å². The van der Waals surface area contributed by atoms with Crippen LogP contribution in [0.15, 0.2) is 42.5 Å². The predicted molar refractivity (Wildman–Crippen MR) is 65.6 cm³/mol. The molecule has 2 atom stereocenters. The Labute approximate surface area is 108 Å². The fourth-order valence-corrected chi connectivity index (χ4v) is 2.01. The maximum atomic E-state index is 12.3. The minimum absolute atomic E-state index is 0.390. The molecule has 102 valence electrons. The van der Waals surface area contributed by atoms with Gasteiger partial charge < -0.3 is 10.2 Å². The standard InChI is InChI=1S/C14H13F3O2/c15-14(16,17)13(19)8-12(18)11-7-3-5-9-4-1-2-6-10(9)11/h1-7,12-13,18-19H,8H2. The molecule has 2 unspecified atom stereocenters. The number of rotatable bonds is 3. The lowest BCUT2D eigenvalue weighted by Crippen LogP contribution is -2.30. The van der Waals surface area contributed by atoms with Crippen molar-refractivity contribution >= 4 is 10.8 Å². The zero-order chi connectivity index (χ0) is 14.0. The molecule has 0 radical (unpaired) electrons. The smallest absolute Gasteiger partial charge is 0.388 e. The number of hydrogen-bond acceptors (Lipinski definition) is 2. The Hall–Kier alpha value is -1.59. The van der Waals surface area contributed by atoms with Gasteiger partial charge >= 0.3 is 6.18 Å². The Morgan fingerprint density at radius 3 is 2.26 bits per heavy atom. The summed E-state index contributed by atoms with van der Waals surface area (Å²) in [4.78, 5) is 0. The van der Waals surface area contributed by atoms with Crippen molar-refractivity contribution in [2.45, 2.75) is 24.8 Å². The second kappa shape index (κ2) is 5.19. The molecule has 0 aromatic heterocycles. The maximum Gasteiger partial charge on any atom is 0.414 e. The van der Waals surface area contributed by atoms with E-state index in [0.29, 0.717) is 10.9 Å². The molecule has 2 aromatic rings. The SMILES string of the molecule is OC(CC(O)C(F)(F)F)c1cccc2ccccc12. The molecule has 0 aliphatic heterocycles. The number of benzene rings is 2. The first-order valence-corrected chi connectivity index (χ1v) is 5.80. The first-order valence-electron chi connectivity index (χ1n) is 5.80. The number of aliphatic hydroxyl groups excluding tert-OH is 2. The van der Waals surface area contributed by atoms with Gasteiger partial charge in [-0.3, -0.25) is 0 Å². The van der Waals surface area contributed by atoms with E-state index in [1.807, 2.05) is 18.2 Å². The van der Waals surface area contributed by atoms with Crippen LogP contribution >= 0.6 is 0 Å². The molecule has 0 spiro atoms. The van der Waals surface area contributed by atoms with Gasteiger partial charge in [-0.2, -0.15) is 13.2 Å². The van der Waals surface area contributed by atoms with Crippen LogP contribution in [0.2, 0.25) is 0 Å². The van der Waals surface area contributed by atoms with Crippen LogP contribution in [0.25, 0.3) is 10.8 Å². The molecule has 0 saturated carbocycles. The third kappa shape index (κ3) is 3.05. The van der Waals surface area contributed by atoms with Crippen molar-refractivity contribution in [3.05, 3.63) is 48.0 Å². The molecular formula is C14H13F3O2. The van der Waals surface area contributed by atoms with E-state index in [9.17, 15) is 18.3 Å². The zero-order valence-corrected chi connectivity index (χ0v) is 9.93. The molecule has 2 nitrogen and oxygen atoms in total. The summed E-state index contributed by atoms with van der Waals surface area (Å²) in [6, 6.07) is 12.1. The van der Waals surface area contributed by atoms with Gasteiger partial charge in [0.15, 0.2) is 6.10 Å². The lowest BCUT2D eigenvalue weighted by Gasteiger charge is -2.19. The average Bonchev–Trinajstić information content (AvgIpc) is 2.36. The first kappa shape index (κ1) is 13.8. The molecular weight excluding hydrogens is 257 g/mol. The van der Waals surface area contributed by atoms with Crippen LogP contribution in [0.3, 0.4) is 0 Å². The number of aliphatic hydroxyl groups is 2. The minimum atomic E-state index is -4.72. The maximum absolute atomic E-state index is 12.3. The van der Waals surface area contributed by atoms with Crippen molar-refractivity contribution in [3.63, 3.8) is 0 Å². The molecule has 2 rings (SSSR count). The van der Waals surface area contributed by atoms with Crippen molar-refractivity contribution in [1.29, 1.82) is 0 Å². The van der Waals surface area contributed by atoms with Gasteiger partial charge in [0.1, 0.15) is 0 Å². The summed E-state index contributed by atoms with van der Waals surface area (Å²) >= 11 is 0. The molecule has 0 bridgehead atoms. The van der Waals surface area contributed by atoms with Gasteiger partial charge in [0, 0.05) is 6.42 Å². The van der Waals surface area contributed by atoms with Crippen molar-refractivity contribution in [1.82, 2.24) is 0 Å². The highest BCUT2D eigenvalue weighted by Crippen LogP contribution is 2.31. The van der Waals surface area contributed by atoms with Crippen LogP contribution in [0.5, 0.6) is 0 Å². The Balaban J connectivity index is 2.29. The van der Waals surface area contributed by atoms with E-state index in [-0.39, 0.29) is 0 Å². The lowest BCUT2D eigenvalue weighted by molar-refractivity contribution is -0.211. The van der Waals surface area contributed by atoms with Crippen molar-refractivity contribution < 1.29 is 23.4 Å². The predicted octanol–water partition coefficient (Wildman–Crippen LogP) is 3.19. The number of fused-ring (bicyclic) bond motifs is 1. The normalized spacial score (nSPS) is 15.4. The van der Waals surface area contributed by atoms with Crippen LogP contribution in [-0.4, -0.2) is 22.5 Å². The number of alkyl halides is 3. The lowest BCUT2D eigenvalue weighted by atomic mass is 9.97. The van der Waals surface area contributed by atoms with E-state index in [4.69, 9.17) is 5.11 Å². The van der Waals surface area contributed by atoms with Gasteiger partial charge in [0.25, 0.3) is 0 Å². The molecule has 0 amide bonds. The summed E-state index contributed by atoms with van der Waals surface area (Å²) < 4.78 is 36.8. The van der Waals surface area contributed by atoms with E-state index in [1.54, 1.807) is 24.3 Å². The third-order valence-corrected chi connectivity index (χ3v) is 3.01. The van der Waals surface area contributed by atoms with Gasteiger partial charge in [0.2, 0.25) is 0 Å². The minimum Gasteiger partial charge on any atom is -0.388 e. The second-order valence-corrected chi connectivity index (χ2v) is 4.38. The quantitative estimate of drug-likeness (QED) is 0.899. The first-order chi connectivity index (χ1) is 8.89. The fraction of sp³-hybridized carbons (Fsp3) is 0.286. The van der Waals surface area contributed by atoms with E-state index in [1.165, 1.54) is 0 Å². The van der Waals surface area contributed by atoms with Crippen LogP contribution in [-0.2, 0) is 0 Å². The van der Waals surface area contributed by atoms with Crippen LogP contribution < -0.4 is 0 Å². The van der Waals surface area contributed by atoms with Crippen LogP contribution in [0, 0.1) is 0 Å². The van der Waals surface area contributed by atoms with Gasteiger partial charge in [-0.1, -0.05) is 42.5 Å². The van der Waals surface area contributed by atoms with Crippen LogP contribution in [0.4, 0.5) is 13.2 Å². The summed E-state index contributed by atoms with van der Waals surface area (Å²) in [5, 5.41) is 20.4. The van der Waals surface area contributed by atoms with E-state index < -0.39 is 24.8 Å². The molecule has 2 N–H and O–H groups in total. The van der Waals surface area contributed by atoms with Crippen molar-refractivity contribution in [3.8, 4) is 0 Å². The van der Waals surface area contributed by atoms with Crippen LogP contribution in [0.1, 0.15) is 18.1 Å². The highest BCUT2D eigenvalue weighted by atomic mass is 19.4. The molecule has 5 heteroatoms. The summed E-state index contributed by atoms with van der Waals surface area (Å²) in [7, 11) is 0. The molecule has 0 saturated heterocycles. The Bertz CT molecular complexity index is 561. The molecule has 0 aliphatic carbocycles. The second-order valence-electron chi connectivity index (χ2n) is 4.38. The third-order valence-electron chi connectivity index (χ3n) is 3.01. The summed E-state index contributed by atoms with van der Waals surface area (Å²) in [5.41, 5.74) is 0.390. The number of halogens is 3. The van der Waals surface area contributed by atoms with E-state index in [0.717, 1.165) is 5.39 Å². The van der Waals surface area contributed by atoms with Gasteiger partial charge in [-0.05, 0) is 16.3 Å². The summed E-state index contributed by atoms with van der Waals surface area (Å²) in [6.07, 6.45) is -9.37. The van der Waals surface area contributed by atoms with E-state index >= 15 is 0 Å². The highest BCUT2D eigenvalue weighted by molar-refractivity contribution is 5.85. The summed E-state index contributed by atoms with van der Waals surface area (Å²) in [5.74, 6) is 0. The highest BCUT2D eigenvalue weighted by Gasteiger charge is 2.39. The average molecular weight is 270 g/mol. The molecule has 2 aromatic carbocycles. The zero-order valence-electron chi connectivity index (χ0n) is 9.93. The van der Waals surface area contributed by atoms with E-state index in [2.05, 4.69) is 0 Å². The Morgan fingerprint density at radius 1 is 0.947 bits per heavy atom. The molecule has 0 heterocycles. The Morgan fingerprint density at radius 2 is 1.58 bits per heavy atom. The molecule has 0 fully saturated rings. The largest absolute Gasteiger partial charge is 0.414 e. The number of hydrogen-bond donors (Lipinski definition) is 2. The summed E-state index contributed by atoms with van der Waals surface area (Å²) in [6.45, 7) is 0. The molecule has 19 heavy (non-hydrogen) atoms. The molecule has 0 aliphatic rings.